The Hall–Kier alpha value is 0.250. The van der Waals surface area contributed by atoms with Crippen LogP contribution >= 0.6 is 11.6 Å². The maximum Gasteiger partial charge on any atom is 0.0497 e. The number of rotatable bonds is 3. The van der Waals surface area contributed by atoms with E-state index in [-0.39, 0.29) is 0 Å². The van der Waals surface area contributed by atoms with Gasteiger partial charge in [0.15, 0.2) is 0 Å². The van der Waals surface area contributed by atoms with Crippen LogP contribution in [0, 0.1) is 11.8 Å². The first-order valence-corrected chi connectivity index (χ1v) is 5.39. The van der Waals surface area contributed by atoms with Crippen LogP contribution < -0.4 is 0 Å². The average Bonchev–Trinajstić information content (AvgIpc) is 2.07. The van der Waals surface area contributed by atoms with E-state index in [1.807, 2.05) is 6.92 Å². The molecule has 0 saturated heterocycles. The molecule has 1 nitrogen and oxygen atoms in total. The summed E-state index contributed by atoms with van der Waals surface area (Å²) in [5.74, 6) is 1.49. The van der Waals surface area contributed by atoms with Crippen molar-refractivity contribution in [3.8, 4) is 0 Å². The second-order valence-corrected chi connectivity index (χ2v) is 4.42. The number of alkyl halides is 1. The summed E-state index contributed by atoms with van der Waals surface area (Å²) in [6.45, 7) is 6.09. The van der Waals surface area contributed by atoms with Crippen LogP contribution in [0.15, 0.2) is 0 Å². The summed E-state index contributed by atoms with van der Waals surface area (Å²) >= 11 is 6.10. The molecular weight excluding hydrogens is 172 g/mol. The van der Waals surface area contributed by atoms with Crippen molar-refractivity contribution in [2.75, 3.05) is 13.2 Å². The van der Waals surface area contributed by atoms with Gasteiger partial charge in [0.05, 0.1) is 0 Å². The monoisotopic (exact) mass is 190 g/mol. The number of hydrogen-bond donors (Lipinski definition) is 0. The molecule has 0 bridgehead atoms. The first-order chi connectivity index (χ1) is 5.74. The molecule has 0 aliphatic heterocycles. The summed E-state index contributed by atoms with van der Waals surface area (Å²) < 4.78 is 5.43. The number of ether oxygens (including phenoxy) is 1. The lowest BCUT2D eigenvalue weighted by molar-refractivity contribution is 0.0723. The van der Waals surface area contributed by atoms with E-state index < -0.39 is 0 Å². The molecule has 1 aliphatic carbocycles. The van der Waals surface area contributed by atoms with Crippen LogP contribution in [0.4, 0.5) is 0 Å². The molecule has 0 aromatic rings. The summed E-state index contributed by atoms with van der Waals surface area (Å²) in [6, 6.07) is 0. The van der Waals surface area contributed by atoms with Crippen LogP contribution in [0.2, 0.25) is 0 Å². The minimum atomic E-state index is 0.395. The lowest BCUT2D eigenvalue weighted by Crippen LogP contribution is -2.27. The third-order valence-electron chi connectivity index (χ3n) is 2.83. The largest absolute Gasteiger partial charge is 0.381 e. The van der Waals surface area contributed by atoms with Gasteiger partial charge in [0.25, 0.3) is 0 Å². The van der Waals surface area contributed by atoms with Crippen molar-refractivity contribution in [1.82, 2.24) is 0 Å². The van der Waals surface area contributed by atoms with Crippen LogP contribution in [0.1, 0.15) is 33.1 Å². The predicted molar refractivity (Wildman–Crippen MR) is 52.6 cm³/mol. The number of hydrogen-bond acceptors (Lipinski definition) is 1. The van der Waals surface area contributed by atoms with E-state index in [4.69, 9.17) is 16.3 Å². The van der Waals surface area contributed by atoms with Crippen molar-refractivity contribution < 1.29 is 4.74 Å². The van der Waals surface area contributed by atoms with Crippen LogP contribution in [0.3, 0.4) is 0 Å². The molecule has 3 atom stereocenters. The van der Waals surface area contributed by atoms with Gasteiger partial charge in [-0.1, -0.05) is 6.92 Å². The fraction of sp³-hybridized carbons (Fsp3) is 1.00. The van der Waals surface area contributed by atoms with Crippen molar-refractivity contribution >= 4 is 11.6 Å². The standard InChI is InChI=1S/C10H19ClO/c1-3-12-7-9-6-10(11)5-4-8(9)2/h8-10H,3-7H2,1-2H3. The van der Waals surface area contributed by atoms with Crippen molar-refractivity contribution in [3.05, 3.63) is 0 Å². The highest BCUT2D eigenvalue weighted by atomic mass is 35.5. The first-order valence-electron chi connectivity index (χ1n) is 4.95. The third-order valence-corrected chi connectivity index (χ3v) is 3.23. The maximum atomic E-state index is 6.10. The zero-order valence-electron chi connectivity index (χ0n) is 8.05. The molecule has 12 heavy (non-hydrogen) atoms. The molecule has 0 spiro atoms. The van der Waals surface area contributed by atoms with Gasteiger partial charge in [-0.15, -0.1) is 11.6 Å². The molecule has 2 heteroatoms. The van der Waals surface area contributed by atoms with Gasteiger partial charge in [0.2, 0.25) is 0 Å². The Labute approximate surface area is 80.4 Å². The molecule has 0 aromatic heterocycles. The predicted octanol–water partition coefficient (Wildman–Crippen LogP) is 3.07. The number of halogens is 1. The van der Waals surface area contributed by atoms with E-state index >= 15 is 0 Å². The van der Waals surface area contributed by atoms with E-state index in [9.17, 15) is 0 Å². The lowest BCUT2D eigenvalue weighted by atomic mass is 9.81. The molecular formula is C10H19ClO. The van der Waals surface area contributed by atoms with Crippen LogP contribution in [0.5, 0.6) is 0 Å². The van der Waals surface area contributed by atoms with Gasteiger partial charge in [0, 0.05) is 18.6 Å². The quantitative estimate of drug-likeness (QED) is 0.622. The summed E-state index contributed by atoms with van der Waals surface area (Å²) in [6.07, 6.45) is 3.60. The van der Waals surface area contributed by atoms with Gasteiger partial charge in [-0.25, -0.2) is 0 Å². The van der Waals surface area contributed by atoms with E-state index in [0.717, 1.165) is 25.6 Å². The summed E-state index contributed by atoms with van der Waals surface area (Å²) in [5.41, 5.74) is 0. The Kier molecular flexibility index (Phi) is 4.38. The van der Waals surface area contributed by atoms with Gasteiger partial charge in [-0.05, 0) is 38.0 Å². The molecule has 1 aliphatic rings. The molecule has 1 fully saturated rings. The normalized spacial score (nSPS) is 36.8. The zero-order valence-corrected chi connectivity index (χ0v) is 8.81. The average molecular weight is 191 g/mol. The molecule has 3 unspecified atom stereocenters. The Bertz CT molecular complexity index is 127. The highest BCUT2D eigenvalue weighted by molar-refractivity contribution is 6.20. The van der Waals surface area contributed by atoms with Crippen molar-refractivity contribution in [1.29, 1.82) is 0 Å². The van der Waals surface area contributed by atoms with Gasteiger partial charge >= 0.3 is 0 Å². The zero-order chi connectivity index (χ0) is 8.97. The Morgan fingerprint density at radius 1 is 1.42 bits per heavy atom. The van der Waals surface area contributed by atoms with Crippen LogP contribution in [-0.4, -0.2) is 18.6 Å². The topological polar surface area (TPSA) is 9.23 Å². The maximum absolute atomic E-state index is 6.10. The first kappa shape index (κ1) is 10.3. The highest BCUT2D eigenvalue weighted by Crippen LogP contribution is 2.32. The van der Waals surface area contributed by atoms with E-state index in [1.54, 1.807) is 0 Å². The van der Waals surface area contributed by atoms with E-state index in [1.165, 1.54) is 12.8 Å². The van der Waals surface area contributed by atoms with E-state index in [0.29, 0.717) is 11.3 Å². The minimum Gasteiger partial charge on any atom is -0.381 e. The smallest absolute Gasteiger partial charge is 0.0497 e. The van der Waals surface area contributed by atoms with Gasteiger partial charge < -0.3 is 4.74 Å². The minimum absolute atomic E-state index is 0.395. The third kappa shape index (κ3) is 2.95. The second kappa shape index (κ2) is 5.08. The second-order valence-electron chi connectivity index (χ2n) is 3.81. The van der Waals surface area contributed by atoms with Crippen LogP contribution in [-0.2, 0) is 4.74 Å². The Balaban J connectivity index is 2.28. The molecule has 1 saturated carbocycles. The fourth-order valence-electron chi connectivity index (χ4n) is 1.86. The Morgan fingerprint density at radius 2 is 2.17 bits per heavy atom. The van der Waals surface area contributed by atoms with Crippen LogP contribution in [0.25, 0.3) is 0 Å². The van der Waals surface area contributed by atoms with E-state index in [2.05, 4.69) is 6.92 Å². The molecule has 1 rings (SSSR count). The molecule has 0 radical (unpaired) electrons. The van der Waals surface area contributed by atoms with Crippen molar-refractivity contribution in [2.24, 2.45) is 11.8 Å². The highest BCUT2D eigenvalue weighted by Gasteiger charge is 2.26. The molecule has 0 amide bonds. The fourth-order valence-corrected chi connectivity index (χ4v) is 2.21. The van der Waals surface area contributed by atoms with Crippen molar-refractivity contribution in [3.63, 3.8) is 0 Å². The summed E-state index contributed by atoms with van der Waals surface area (Å²) in [7, 11) is 0. The SMILES string of the molecule is CCOCC1CC(Cl)CCC1C. The van der Waals surface area contributed by atoms with Crippen molar-refractivity contribution in [2.45, 2.75) is 38.5 Å². The summed E-state index contributed by atoms with van der Waals surface area (Å²) in [5, 5.41) is 0.395. The Morgan fingerprint density at radius 3 is 2.83 bits per heavy atom. The van der Waals surface area contributed by atoms with Gasteiger partial charge in [-0.2, -0.15) is 0 Å². The van der Waals surface area contributed by atoms with Gasteiger partial charge in [0.1, 0.15) is 0 Å². The lowest BCUT2D eigenvalue weighted by Gasteiger charge is -2.31. The molecule has 0 N–H and O–H groups in total. The summed E-state index contributed by atoms with van der Waals surface area (Å²) in [4.78, 5) is 0. The molecule has 0 aromatic carbocycles. The van der Waals surface area contributed by atoms with Gasteiger partial charge in [-0.3, -0.25) is 0 Å². The molecule has 72 valence electrons. The molecule has 0 heterocycles.